The summed E-state index contributed by atoms with van der Waals surface area (Å²) in [6.45, 7) is 7.82. The number of benzene rings is 2. The number of halogens is 1. The van der Waals surface area contributed by atoms with Crippen LogP contribution >= 0.6 is 11.3 Å². The minimum absolute atomic E-state index is 0.00467. The van der Waals surface area contributed by atoms with Crippen molar-refractivity contribution in [2.75, 3.05) is 17.2 Å². The number of anilines is 2. The summed E-state index contributed by atoms with van der Waals surface area (Å²) in [6.07, 6.45) is 0.0699. The topological polar surface area (TPSA) is 100 Å². The minimum atomic E-state index is -0.535. The van der Waals surface area contributed by atoms with E-state index in [9.17, 15) is 18.8 Å². The minimum Gasteiger partial charge on any atom is -0.352 e. The van der Waals surface area contributed by atoms with Crippen LogP contribution in [0.1, 0.15) is 50.0 Å². The lowest BCUT2D eigenvalue weighted by Gasteiger charge is -2.19. The Morgan fingerprint density at radius 2 is 1.74 bits per heavy atom. The van der Waals surface area contributed by atoms with Gasteiger partial charge in [0.05, 0.1) is 5.69 Å². The maximum atomic E-state index is 14.4. The molecule has 3 aromatic rings. The van der Waals surface area contributed by atoms with Gasteiger partial charge in [0.2, 0.25) is 11.8 Å². The van der Waals surface area contributed by atoms with Gasteiger partial charge in [-0.1, -0.05) is 32.9 Å². The Hall–Kier alpha value is -3.59. The van der Waals surface area contributed by atoms with Crippen LogP contribution < -0.4 is 16.0 Å². The van der Waals surface area contributed by atoms with E-state index in [1.165, 1.54) is 30.4 Å². The molecule has 9 heteroatoms. The fourth-order valence-electron chi connectivity index (χ4n) is 3.15. The second-order valence-electron chi connectivity index (χ2n) is 8.80. The highest BCUT2D eigenvalue weighted by atomic mass is 32.1. The molecule has 3 N–H and O–H groups in total. The molecular formula is C25H27FN4O3S. The van der Waals surface area contributed by atoms with Gasteiger partial charge in [-0.3, -0.25) is 14.4 Å². The third-order valence-corrected chi connectivity index (χ3v) is 5.72. The second-order valence-corrected chi connectivity index (χ2v) is 9.65. The smallest absolute Gasteiger partial charge is 0.251 e. The molecule has 0 fully saturated rings. The van der Waals surface area contributed by atoms with Gasteiger partial charge in [0, 0.05) is 42.1 Å². The van der Waals surface area contributed by atoms with Crippen LogP contribution in [0.25, 0.3) is 11.3 Å². The zero-order valence-electron chi connectivity index (χ0n) is 19.5. The van der Waals surface area contributed by atoms with Crippen molar-refractivity contribution < 1.29 is 18.8 Å². The number of hydrogen-bond donors (Lipinski definition) is 3. The van der Waals surface area contributed by atoms with Gasteiger partial charge in [-0.15, -0.1) is 11.3 Å². The largest absolute Gasteiger partial charge is 0.352 e. The van der Waals surface area contributed by atoms with Crippen LogP contribution in [-0.4, -0.2) is 29.3 Å². The summed E-state index contributed by atoms with van der Waals surface area (Å²) in [5, 5.41) is 9.88. The molecule has 178 valence electrons. The molecule has 0 spiro atoms. The third-order valence-electron chi connectivity index (χ3n) is 4.97. The zero-order chi connectivity index (χ0) is 24.9. The standard InChI is InChI=1S/C25H27FN4O3S/c1-15(31)28-18-9-10-19(20(26)13-18)21-14-34-24(29-21)30-22(32)11-12-27-23(33)16-5-7-17(8-6-16)25(2,3)4/h5-10,13-14H,11-12H2,1-4H3,(H,27,33)(H,28,31)(H,29,30,32). The molecule has 3 amide bonds. The molecular weight excluding hydrogens is 455 g/mol. The summed E-state index contributed by atoms with van der Waals surface area (Å²) in [6, 6.07) is 11.7. The maximum Gasteiger partial charge on any atom is 0.251 e. The Kier molecular flexibility index (Phi) is 7.78. The van der Waals surface area contributed by atoms with Crippen LogP contribution in [-0.2, 0) is 15.0 Å². The molecule has 0 aliphatic heterocycles. The SMILES string of the molecule is CC(=O)Nc1ccc(-c2csc(NC(=O)CCNC(=O)c3ccc(C(C)(C)C)cc3)n2)c(F)c1. The van der Waals surface area contributed by atoms with E-state index < -0.39 is 5.82 Å². The summed E-state index contributed by atoms with van der Waals surface area (Å²) < 4.78 is 14.4. The first-order chi connectivity index (χ1) is 16.0. The summed E-state index contributed by atoms with van der Waals surface area (Å²) >= 11 is 1.17. The molecule has 7 nitrogen and oxygen atoms in total. The highest BCUT2D eigenvalue weighted by Gasteiger charge is 2.15. The van der Waals surface area contributed by atoms with Crippen molar-refractivity contribution in [3.8, 4) is 11.3 Å². The number of aromatic nitrogens is 1. The van der Waals surface area contributed by atoms with Crippen LogP contribution in [0.4, 0.5) is 15.2 Å². The van der Waals surface area contributed by atoms with Gasteiger partial charge in [0.15, 0.2) is 5.13 Å². The number of rotatable bonds is 7. The highest BCUT2D eigenvalue weighted by molar-refractivity contribution is 7.14. The van der Waals surface area contributed by atoms with E-state index in [0.717, 1.165) is 5.56 Å². The summed E-state index contributed by atoms with van der Waals surface area (Å²) in [5.41, 5.74) is 2.66. The quantitative estimate of drug-likeness (QED) is 0.443. The molecule has 34 heavy (non-hydrogen) atoms. The molecule has 0 saturated carbocycles. The molecule has 0 radical (unpaired) electrons. The fraction of sp³-hybridized carbons (Fsp3) is 0.280. The van der Waals surface area contributed by atoms with Gasteiger partial charge in [-0.25, -0.2) is 9.37 Å². The number of thiazole rings is 1. The number of hydrogen-bond acceptors (Lipinski definition) is 5. The van der Waals surface area contributed by atoms with E-state index >= 15 is 0 Å². The molecule has 2 aromatic carbocycles. The predicted molar refractivity (Wildman–Crippen MR) is 133 cm³/mol. The first kappa shape index (κ1) is 25.0. The lowest BCUT2D eigenvalue weighted by Crippen LogP contribution is -2.27. The maximum absolute atomic E-state index is 14.4. The van der Waals surface area contributed by atoms with Crippen molar-refractivity contribution in [1.29, 1.82) is 0 Å². The molecule has 0 aliphatic carbocycles. The Balaban J connectivity index is 1.50. The van der Waals surface area contributed by atoms with Crippen LogP contribution in [0.2, 0.25) is 0 Å². The number of nitrogens with one attached hydrogen (secondary N) is 3. The third kappa shape index (κ3) is 6.71. The van der Waals surface area contributed by atoms with Gasteiger partial charge in [-0.2, -0.15) is 0 Å². The van der Waals surface area contributed by atoms with Crippen LogP contribution in [0.3, 0.4) is 0 Å². The number of nitrogens with zero attached hydrogens (tertiary/aromatic N) is 1. The molecule has 1 heterocycles. The van der Waals surface area contributed by atoms with Crippen molar-refractivity contribution >= 4 is 39.9 Å². The number of carbonyl (C=O) groups is 3. The number of carbonyl (C=O) groups excluding carboxylic acids is 3. The van der Waals surface area contributed by atoms with Gasteiger partial charge in [0.1, 0.15) is 5.82 Å². The van der Waals surface area contributed by atoms with Gasteiger partial charge in [-0.05, 0) is 41.3 Å². The first-order valence-electron chi connectivity index (χ1n) is 10.7. The van der Waals surface area contributed by atoms with Crippen molar-refractivity contribution in [2.24, 2.45) is 0 Å². The molecule has 0 aliphatic rings. The van der Waals surface area contributed by atoms with E-state index in [1.807, 2.05) is 12.1 Å². The molecule has 0 saturated heterocycles. The summed E-state index contributed by atoms with van der Waals surface area (Å²) in [7, 11) is 0. The molecule has 0 atom stereocenters. The Morgan fingerprint density at radius 3 is 2.35 bits per heavy atom. The van der Waals surface area contributed by atoms with E-state index in [4.69, 9.17) is 0 Å². The van der Waals surface area contributed by atoms with E-state index in [1.54, 1.807) is 23.6 Å². The predicted octanol–water partition coefficient (Wildman–Crippen LogP) is 4.96. The Labute approximate surface area is 201 Å². The van der Waals surface area contributed by atoms with Crippen molar-refractivity contribution in [2.45, 2.75) is 39.5 Å². The lowest BCUT2D eigenvalue weighted by molar-refractivity contribution is -0.116. The number of amides is 3. The molecule has 0 bridgehead atoms. The van der Waals surface area contributed by atoms with Gasteiger partial charge in [0.25, 0.3) is 5.91 Å². The highest BCUT2D eigenvalue weighted by Crippen LogP contribution is 2.28. The Bertz CT molecular complexity index is 1200. The van der Waals surface area contributed by atoms with Crippen LogP contribution in [0.5, 0.6) is 0 Å². The fourth-order valence-corrected chi connectivity index (χ4v) is 3.88. The average molecular weight is 483 g/mol. The van der Waals surface area contributed by atoms with E-state index in [-0.39, 0.29) is 41.7 Å². The zero-order valence-corrected chi connectivity index (χ0v) is 20.3. The van der Waals surface area contributed by atoms with Gasteiger partial charge < -0.3 is 16.0 Å². The molecule has 0 unspecified atom stereocenters. The van der Waals surface area contributed by atoms with Crippen molar-refractivity contribution in [1.82, 2.24) is 10.3 Å². The van der Waals surface area contributed by atoms with Crippen LogP contribution in [0.15, 0.2) is 47.8 Å². The first-order valence-corrected chi connectivity index (χ1v) is 11.6. The normalized spacial score (nSPS) is 11.1. The van der Waals surface area contributed by atoms with E-state index in [2.05, 4.69) is 41.7 Å². The second kappa shape index (κ2) is 10.6. The molecule has 3 rings (SSSR count). The van der Waals surface area contributed by atoms with Crippen molar-refractivity contribution in [3.05, 3.63) is 64.8 Å². The summed E-state index contributed by atoms with van der Waals surface area (Å²) in [5.74, 6) is -1.39. The Morgan fingerprint density at radius 1 is 1.03 bits per heavy atom. The molecule has 1 aromatic heterocycles. The van der Waals surface area contributed by atoms with E-state index in [0.29, 0.717) is 22.1 Å². The monoisotopic (exact) mass is 482 g/mol. The van der Waals surface area contributed by atoms with Gasteiger partial charge >= 0.3 is 0 Å². The van der Waals surface area contributed by atoms with Crippen LogP contribution in [0, 0.1) is 5.82 Å². The summed E-state index contributed by atoms with van der Waals surface area (Å²) in [4.78, 5) is 39.9. The van der Waals surface area contributed by atoms with Crippen molar-refractivity contribution in [3.63, 3.8) is 0 Å². The lowest BCUT2D eigenvalue weighted by atomic mass is 9.87. The average Bonchev–Trinajstić information content (AvgIpc) is 3.20.